The Morgan fingerprint density at radius 3 is 2.26 bits per heavy atom. The fourth-order valence-electron chi connectivity index (χ4n) is 5.96. The lowest BCUT2D eigenvalue weighted by Gasteiger charge is -2.52. The van der Waals surface area contributed by atoms with Crippen molar-refractivity contribution in [1.82, 2.24) is 10.6 Å². The summed E-state index contributed by atoms with van der Waals surface area (Å²) in [5.41, 5.74) is -2.45. The number of esters is 1. The summed E-state index contributed by atoms with van der Waals surface area (Å²) < 4.78 is 4.77. The number of fused-ring (bicyclic) bond motifs is 4. The van der Waals surface area contributed by atoms with E-state index in [-0.39, 0.29) is 35.8 Å². The number of hydrogen-bond acceptors (Lipinski definition) is 8. The van der Waals surface area contributed by atoms with E-state index in [1.54, 1.807) is 54.6 Å². The molecule has 2 aromatic carbocycles. The Morgan fingerprint density at radius 1 is 1.00 bits per heavy atom. The minimum absolute atomic E-state index is 0.202. The second-order valence-electron chi connectivity index (χ2n) is 9.92. The van der Waals surface area contributed by atoms with Crippen LogP contribution in [0.15, 0.2) is 60.7 Å². The van der Waals surface area contributed by atoms with Crippen molar-refractivity contribution in [2.45, 2.75) is 46.9 Å². The highest BCUT2D eigenvalue weighted by molar-refractivity contribution is 8.02. The van der Waals surface area contributed by atoms with Gasteiger partial charge in [0.1, 0.15) is 11.1 Å². The third-order valence-corrected chi connectivity index (χ3v) is 11.0. The van der Waals surface area contributed by atoms with Crippen LogP contribution >= 0.6 is 23.5 Å². The molecule has 0 unspecified atom stereocenters. The van der Waals surface area contributed by atoms with Crippen LogP contribution in [0, 0.1) is 5.92 Å². The summed E-state index contributed by atoms with van der Waals surface area (Å²) in [6.45, 7) is 0. The number of ether oxygens (including phenoxy) is 1. The van der Waals surface area contributed by atoms with Gasteiger partial charge in [-0.3, -0.25) is 19.2 Å². The maximum atomic E-state index is 14.1. The van der Waals surface area contributed by atoms with Gasteiger partial charge in [0.25, 0.3) is 11.8 Å². The molecule has 5 rings (SSSR count). The van der Waals surface area contributed by atoms with Crippen molar-refractivity contribution in [3.8, 4) is 0 Å². The zero-order valence-corrected chi connectivity index (χ0v) is 22.6. The molecule has 8 nitrogen and oxygen atoms in total. The number of carbonyl (C=O) groups is 4. The molecule has 200 valence electrons. The number of nitrogens with one attached hydrogen (secondary N) is 2. The molecule has 1 saturated carbocycles. The van der Waals surface area contributed by atoms with Crippen LogP contribution in [0.4, 0.5) is 0 Å². The number of methoxy groups -OCH3 is 1. The zero-order valence-electron chi connectivity index (χ0n) is 20.9. The first kappa shape index (κ1) is 26.8. The van der Waals surface area contributed by atoms with Crippen molar-refractivity contribution < 1.29 is 29.0 Å². The van der Waals surface area contributed by atoms with Gasteiger partial charge in [-0.15, -0.1) is 11.8 Å². The highest BCUT2D eigenvalue weighted by Gasteiger charge is 2.75. The fraction of sp³-hybridized carbons (Fsp3) is 0.429. The molecule has 3 fully saturated rings. The van der Waals surface area contributed by atoms with Crippen LogP contribution < -0.4 is 10.6 Å². The van der Waals surface area contributed by atoms with E-state index in [0.717, 1.165) is 0 Å². The summed E-state index contributed by atoms with van der Waals surface area (Å²) >= 11 is 2.95. The van der Waals surface area contributed by atoms with Crippen molar-refractivity contribution in [2.75, 3.05) is 18.6 Å². The largest absolute Gasteiger partial charge is 0.469 e. The molecule has 2 heterocycles. The van der Waals surface area contributed by atoms with Crippen molar-refractivity contribution >= 4 is 47.1 Å². The van der Waals surface area contributed by atoms with Crippen molar-refractivity contribution in [3.63, 3.8) is 0 Å². The molecule has 3 N–H and O–H groups in total. The fourth-order valence-corrected chi connectivity index (χ4v) is 9.72. The number of ketones is 1. The van der Waals surface area contributed by atoms with Gasteiger partial charge in [-0.25, -0.2) is 0 Å². The third-order valence-electron chi connectivity index (χ3n) is 7.88. The molecule has 3 aliphatic rings. The van der Waals surface area contributed by atoms with E-state index < -0.39 is 33.6 Å². The van der Waals surface area contributed by atoms with Gasteiger partial charge in [0.2, 0.25) is 0 Å². The molecule has 1 aliphatic carbocycles. The molecular weight excluding hydrogens is 524 g/mol. The summed E-state index contributed by atoms with van der Waals surface area (Å²) in [4.78, 5) is 52.3. The van der Waals surface area contributed by atoms with Gasteiger partial charge >= 0.3 is 5.97 Å². The molecule has 38 heavy (non-hydrogen) atoms. The first-order chi connectivity index (χ1) is 18.3. The zero-order chi connectivity index (χ0) is 26.9. The summed E-state index contributed by atoms with van der Waals surface area (Å²) in [6, 6.07) is 16.5. The Morgan fingerprint density at radius 2 is 1.63 bits per heavy atom. The van der Waals surface area contributed by atoms with E-state index >= 15 is 0 Å². The molecule has 2 bridgehead atoms. The molecule has 2 saturated heterocycles. The van der Waals surface area contributed by atoms with Gasteiger partial charge in [0.15, 0.2) is 5.78 Å². The Balaban J connectivity index is 1.49. The molecule has 0 radical (unpaired) electrons. The Bertz CT molecular complexity index is 1230. The topological polar surface area (TPSA) is 122 Å². The molecule has 10 heteroatoms. The summed E-state index contributed by atoms with van der Waals surface area (Å²) in [6.07, 6.45) is 1.28. The molecule has 0 spiro atoms. The van der Waals surface area contributed by atoms with E-state index in [0.29, 0.717) is 29.7 Å². The maximum absolute atomic E-state index is 14.1. The SMILES string of the molecule is COC(=O)CCC[C@H]1[C@@H]2SC[C@@](NC(=O)c3ccccc3)(C2=O)[C@@]2(O)[C@@H](NC(=O)c3ccccc3)CS[C@H]12. The molecule has 6 atom stereocenters. The molecular formula is C28H30N2O6S2. The van der Waals surface area contributed by atoms with Crippen LogP contribution in [0.3, 0.4) is 0 Å². The van der Waals surface area contributed by atoms with E-state index in [1.807, 2.05) is 6.07 Å². The highest BCUT2D eigenvalue weighted by atomic mass is 32.2. The first-order valence-corrected chi connectivity index (χ1v) is 14.7. The number of benzene rings is 2. The lowest BCUT2D eigenvalue weighted by atomic mass is 9.61. The number of amides is 2. The monoisotopic (exact) mass is 554 g/mol. The van der Waals surface area contributed by atoms with Crippen LogP contribution in [0.1, 0.15) is 40.0 Å². The van der Waals surface area contributed by atoms with Gasteiger partial charge < -0.3 is 20.5 Å². The summed E-state index contributed by atoms with van der Waals surface area (Å²) in [7, 11) is 1.34. The van der Waals surface area contributed by atoms with E-state index in [9.17, 15) is 24.3 Å². The summed E-state index contributed by atoms with van der Waals surface area (Å²) in [5, 5.41) is 17.7. The number of aliphatic hydroxyl groups is 1. The van der Waals surface area contributed by atoms with Crippen LogP contribution in [0.5, 0.6) is 0 Å². The van der Waals surface area contributed by atoms with Crippen molar-refractivity contribution in [2.24, 2.45) is 5.92 Å². The van der Waals surface area contributed by atoms with Crippen LogP contribution in [-0.4, -0.2) is 75.0 Å². The Hall–Kier alpha value is -2.82. The highest BCUT2D eigenvalue weighted by Crippen LogP contribution is 2.59. The average Bonchev–Trinajstić information content (AvgIpc) is 3.42. The van der Waals surface area contributed by atoms with E-state index in [2.05, 4.69) is 10.6 Å². The lowest BCUT2D eigenvalue weighted by molar-refractivity contribution is -0.145. The standard InChI is InChI=1S/C28H30N2O6S2/c1-36-21(31)14-8-13-19-22-23(32)27(16-38-22,30-26(34)18-11-6-3-7-12-18)28(35)20(15-37-24(19)28)29-25(33)17-9-4-2-5-10-17/h2-7,9-12,19-20,22,24,35H,8,13-16H2,1H3,(H,29,33)(H,30,34)/t19-,20-,22-,24+,27+,28+/m0/s1. The first-order valence-electron chi connectivity index (χ1n) is 12.6. The van der Waals surface area contributed by atoms with Crippen LogP contribution in [-0.2, 0) is 14.3 Å². The van der Waals surface area contributed by atoms with Gasteiger partial charge in [0.05, 0.1) is 18.4 Å². The van der Waals surface area contributed by atoms with Crippen molar-refractivity contribution in [3.05, 3.63) is 71.8 Å². The molecule has 2 aliphatic heterocycles. The predicted molar refractivity (Wildman–Crippen MR) is 146 cm³/mol. The maximum Gasteiger partial charge on any atom is 0.305 e. The third kappa shape index (κ3) is 4.42. The minimum atomic E-state index is -1.72. The predicted octanol–water partition coefficient (Wildman–Crippen LogP) is 2.46. The van der Waals surface area contributed by atoms with Gasteiger partial charge in [-0.05, 0) is 43.0 Å². The minimum Gasteiger partial charge on any atom is -0.469 e. The summed E-state index contributed by atoms with van der Waals surface area (Å²) in [5.74, 6) is -0.976. The normalized spacial score (nSPS) is 31.4. The Kier molecular flexibility index (Phi) is 7.57. The van der Waals surface area contributed by atoms with E-state index in [1.165, 1.54) is 30.6 Å². The molecule has 2 amide bonds. The molecule has 0 aromatic heterocycles. The average molecular weight is 555 g/mol. The second-order valence-corrected chi connectivity index (χ2v) is 12.2. The van der Waals surface area contributed by atoms with Crippen LogP contribution in [0.25, 0.3) is 0 Å². The number of Topliss-reactive ketones (excluding diaryl/α,β-unsaturated/α-hetero) is 1. The number of thioether (sulfide) groups is 2. The lowest BCUT2D eigenvalue weighted by Crippen LogP contribution is -2.80. The number of hydrogen-bond donors (Lipinski definition) is 3. The van der Waals surface area contributed by atoms with Crippen LogP contribution in [0.2, 0.25) is 0 Å². The number of rotatable bonds is 8. The van der Waals surface area contributed by atoms with Crippen molar-refractivity contribution in [1.29, 1.82) is 0 Å². The van der Waals surface area contributed by atoms with E-state index in [4.69, 9.17) is 4.74 Å². The second kappa shape index (κ2) is 10.7. The smallest absolute Gasteiger partial charge is 0.305 e. The quantitative estimate of drug-likeness (QED) is 0.426. The van der Waals surface area contributed by atoms with Gasteiger partial charge in [-0.1, -0.05) is 36.4 Å². The van der Waals surface area contributed by atoms with Gasteiger partial charge in [0, 0.05) is 34.3 Å². The molecule has 2 aromatic rings. The number of carbonyl (C=O) groups excluding carboxylic acids is 4. The Labute approximate surface area is 229 Å². The van der Waals surface area contributed by atoms with Gasteiger partial charge in [-0.2, -0.15) is 11.8 Å².